The number of rotatable bonds is 5. The molecule has 0 aromatic heterocycles. The Morgan fingerprint density at radius 1 is 0.769 bits per heavy atom. The van der Waals surface area contributed by atoms with Crippen molar-refractivity contribution in [2.75, 3.05) is 7.11 Å². The minimum atomic E-state index is -0.475. The van der Waals surface area contributed by atoms with E-state index in [0.29, 0.717) is 22.6 Å². The summed E-state index contributed by atoms with van der Waals surface area (Å²) in [6, 6.07) is 20.8. The van der Waals surface area contributed by atoms with Crippen LogP contribution in [-0.2, 0) is 0 Å². The van der Waals surface area contributed by atoms with Crippen LogP contribution < -0.4 is 15.2 Å². The summed E-state index contributed by atoms with van der Waals surface area (Å²) in [6.45, 7) is 0. The Labute approximate surface area is 151 Å². The van der Waals surface area contributed by atoms with E-state index >= 15 is 0 Å². The van der Waals surface area contributed by atoms with Crippen molar-refractivity contribution in [2.24, 2.45) is 5.73 Å². The minimum absolute atomic E-state index is 0.403. The van der Waals surface area contributed by atoms with Crippen LogP contribution in [0.25, 0.3) is 11.1 Å². The van der Waals surface area contributed by atoms with E-state index in [1.807, 2.05) is 6.07 Å². The zero-order valence-electron chi connectivity index (χ0n) is 14.1. The average Bonchev–Trinajstić information content (AvgIpc) is 2.68. The second kappa shape index (κ2) is 7.53. The van der Waals surface area contributed by atoms with E-state index in [9.17, 15) is 9.59 Å². The summed E-state index contributed by atoms with van der Waals surface area (Å²) in [6.07, 6.45) is 0. The first kappa shape index (κ1) is 17.2. The second-order valence-corrected chi connectivity index (χ2v) is 5.59. The Morgan fingerprint density at radius 2 is 1.46 bits per heavy atom. The van der Waals surface area contributed by atoms with Crippen molar-refractivity contribution in [2.45, 2.75) is 0 Å². The number of nitrogens with two attached hydrogens (primary N) is 1. The molecule has 0 spiro atoms. The molecule has 0 radical (unpaired) electrons. The number of esters is 1. The van der Waals surface area contributed by atoms with Crippen LogP contribution in [0.4, 0.5) is 0 Å². The molecule has 0 atom stereocenters. The van der Waals surface area contributed by atoms with Gasteiger partial charge in [-0.05, 0) is 53.6 Å². The molecule has 0 saturated heterocycles. The van der Waals surface area contributed by atoms with Crippen molar-refractivity contribution >= 4 is 11.9 Å². The van der Waals surface area contributed by atoms with Crippen molar-refractivity contribution in [3.8, 4) is 22.6 Å². The molecule has 0 unspecified atom stereocenters. The Bertz CT molecular complexity index is 948. The molecule has 5 heteroatoms. The van der Waals surface area contributed by atoms with Gasteiger partial charge in [0.2, 0.25) is 5.91 Å². The van der Waals surface area contributed by atoms with Crippen molar-refractivity contribution in [1.29, 1.82) is 0 Å². The molecule has 2 N–H and O–H groups in total. The summed E-state index contributed by atoms with van der Waals surface area (Å²) in [5.41, 5.74) is 7.84. The van der Waals surface area contributed by atoms with Crippen LogP contribution >= 0.6 is 0 Å². The standard InChI is InChI=1S/C21H17NO4/c1-25-18-6-3-5-17(13-18)21(24)26-19-7-2-4-16(12-19)14-8-10-15(11-9-14)20(22)23/h2-13H,1H3,(H2,22,23). The molecule has 130 valence electrons. The number of methoxy groups -OCH3 is 1. The third kappa shape index (κ3) is 3.89. The van der Waals surface area contributed by atoms with Crippen molar-refractivity contribution in [3.05, 3.63) is 83.9 Å². The third-order valence-corrected chi connectivity index (χ3v) is 3.85. The summed E-state index contributed by atoms with van der Waals surface area (Å²) < 4.78 is 10.6. The molecule has 0 aliphatic rings. The smallest absolute Gasteiger partial charge is 0.343 e. The van der Waals surface area contributed by atoms with E-state index in [1.165, 1.54) is 7.11 Å². The highest BCUT2D eigenvalue weighted by molar-refractivity contribution is 5.93. The van der Waals surface area contributed by atoms with Crippen LogP contribution in [0.15, 0.2) is 72.8 Å². The lowest BCUT2D eigenvalue weighted by Crippen LogP contribution is -2.10. The number of carbonyl (C=O) groups is 2. The number of ether oxygens (including phenoxy) is 2. The molecule has 3 aromatic carbocycles. The molecule has 0 aliphatic heterocycles. The van der Waals surface area contributed by atoms with Gasteiger partial charge in [-0.3, -0.25) is 4.79 Å². The minimum Gasteiger partial charge on any atom is -0.497 e. The number of carbonyl (C=O) groups excluding carboxylic acids is 2. The van der Waals surface area contributed by atoms with Gasteiger partial charge < -0.3 is 15.2 Å². The van der Waals surface area contributed by atoms with Crippen LogP contribution in [0.2, 0.25) is 0 Å². The average molecular weight is 347 g/mol. The van der Waals surface area contributed by atoms with E-state index in [0.717, 1.165) is 11.1 Å². The van der Waals surface area contributed by atoms with Gasteiger partial charge in [-0.25, -0.2) is 4.79 Å². The fourth-order valence-electron chi connectivity index (χ4n) is 2.48. The maximum Gasteiger partial charge on any atom is 0.343 e. The van der Waals surface area contributed by atoms with Gasteiger partial charge in [-0.15, -0.1) is 0 Å². The van der Waals surface area contributed by atoms with E-state index in [2.05, 4.69) is 0 Å². The highest BCUT2D eigenvalue weighted by Crippen LogP contribution is 2.25. The molecular weight excluding hydrogens is 330 g/mol. The number of hydrogen-bond donors (Lipinski definition) is 1. The van der Waals surface area contributed by atoms with E-state index < -0.39 is 11.9 Å². The van der Waals surface area contributed by atoms with Gasteiger partial charge >= 0.3 is 5.97 Å². The Balaban J connectivity index is 1.80. The number of hydrogen-bond acceptors (Lipinski definition) is 4. The normalized spacial score (nSPS) is 10.2. The van der Waals surface area contributed by atoms with Crippen LogP contribution in [0.3, 0.4) is 0 Å². The fourth-order valence-corrected chi connectivity index (χ4v) is 2.48. The van der Waals surface area contributed by atoms with Gasteiger partial charge in [-0.1, -0.05) is 30.3 Å². The maximum atomic E-state index is 12.3. The molecule has 0 bridgehead atoms. The summed E-state index contributed by atoms with van der Waals surface area (Å²) in [7, 11) is 1.54. The molecule has 3 rings (SSSR count). The summed E-state index contributed by atoms with van der Waals surface area (Å²) >= 11 is 0. The molecule has 0 aliphatic carbocycles. The van der Waals surface area contributed by atoms with E-state index in [-0.39, 0.29) is 0 Å². The molecule has 0 heterocycles. The summed E-state index contributed by atoms with van der Waals surface area (Å²) in [4.78, 5) is 23.5. The lowest BCUT2D eigenvalue weighted by Gasteiger charge is -2.08. The zero-order valence-corrected chi connectivity index (χ0v) is 14.1. The van der Waals surface area contributed by atoms with Crippen LogP contribution in [-0.4, -0.2) is 19.0 Å². The first-order chi connectivity index (χ1) is 12.6. The maximum absolute atomic E-state index is 12.3. The van der Waals surface area contributed by atoms with Gasteiger partial charge in [0.1, 0.15) is 11.5 Å². The second-order valence-electron chi connectivity index (χ2n) is 5.59. The SMILES string of the molecule is COc1cccc(C(=O)Oc2cccc(-c3ccc(C(N)=O)cc3)c2)c1. The molecule has 26 heavy (non-hydrogen) atoms. The highest BCUT2D eigenvalue weighted by atomic mass is 16.5. The van der Waals surface area contributed by atoms with Crippen molar-refractivity contribution in [3.63, 3.8) is 0 Å². The van der Waals surface area contributed by atoms with Gasteiger partial charge in [0.25, 0.3) is 0 Å². The highest BCUT2D eigenvalue weighted by Gasteiger charge is 2.10. The predicted molar refractivity (Wildman–Crippen MR) is 98.3 cm³/mol. The lowest BCUT2D eigenvalue weighted by atomic mass is 10.0. The Kier molecular flexibility index (Phi) is 4.99. The molecular formula is C21H17NO4. The van der Waals surface area contributed by atoms with Gasteiger partial charge in [0, 0.05) is 5.56 Å². The first-order valence-corrected chi connectivity index (χ1v) is 7.93. The van der Waals surface area contributed by atoms with Crippen LogP contribution in [0.1, 0.15) is 20.7 Å². The van der Waals surface area contributed by atoms with E-state index in [4.69, 9.17) is 15.2 Å². The Hall–Kier alpha value is -3.60. The van der Waals surface area contributed by atoms with Gasteiger partial charge in [0.15, 0.2) is 0 Å². The monoisotopic (exact) mass is 347 g/mol. The predicted octanol–water partition coefficient (Wildman–Crippen LogP) is 3.68. The molecule has 0 saturated carbocycles. The van der Waals surface area contributed by atoms with Gasteiger partial charge in [-0.2, -0.15) is 0 Å². The molecule has 3 aromatic rings. The van der Waals surface area contributed by atoms with Crippen LogP contribution in [0.5, 0.6) is 11.5 Å². The largest absolute Gasteiger partial charge is 0.497 e. The van der Waals surface area contributed by atoms with Crippen molar-refractivity contribution < 1.29 is 19.1 Å². The van der Waals surface area contributed by atoms with E-state index in [1.54, 1.807) is 66.7 Å². The zero-order chi connectivity index (χ0) is 18.5. The fraction of sp³-hybridized carbons (Fsp3) is 0.0476. The first-order valence-electron chi connectivity index (χ1n) is 7.93. The molecule has 1 amide bonds. The summed E-state index contributed by atoms with van der Waals surface area (Å²) in [5, 5.41) is 0. The molecule has 0 fully saturated rings. The number of amides is 1. The topological polar surface area (TPSA) is 78.6 Å². The molecule has 5 nitrogen and oxygen atoms in total. The van der Waals surface area contributed by atoms with Crippen LogP contribution in [0, 0.1) is 0 Å². The lowest BCUT2D eigenvalue weighted by molar-refractivity contribution is 0.0734. The van der Waals surface area contributed by atoms with Gasteiger partial charge in [0.05, 0.1) is 12.7 Å². The Morgan fingerprint density at radius 3 is 2.15 bits per heavy atom. The van der Waals surface area contributed by atoms with Crippen molar-refractivity contribution in [1.82, 2.24) is 0 Å². The number of primary amides is 1. The quantitative estimate of drug-likeness (QED) is 0.564. The number of benzene rings is 3. The summed E-state index contributed by atoms with van der Waals surface area (Å²) in [5.74, 6) is 0.0692. The third-order valence-electron chi connectivity index (χ3n) is 3.85.